The van der Waals surface area contributed by atoms with Crippen LogP contribution in [0.3, 0.4) is 0 Å². The molecule has 9 nitrogen and oxygen atoms in total. The maximum atomic E-state index is 13.1. The zero-order valence-corrected chi connectivity index (χ0v) is 19.4. The van der Waals surface area contributed by atoms with E-state index in [9.17, 15) is 9.59 Å². The van der Waals surface area contributed by atoms with Gasteiger partial charge in [-0.3, -0.25) is 20.4 Å². The molecule has 0 atom stereocenters. The van der Waals surface area contributed by atoms with Gasteiger partial charge in [-0.25, -0.2) is 4.68 Å². The number of hydrogen-bond acceptors (Lipinski definition) is 6. The second kappa shape index (κ2) is 10.4. The topological polar surface area (TPSA) is 104 Å². The quantitative estimate of drug-likeness (QED) is 0.398. The van der Waals surface area contributed by atoms with Crippen molar-refractivity contribution in [3.05, 3.63) is 90.1 Å². The Hall–Kier alpha value is -4.79. The number of nitrogens with zero attached hydrogens (tertiary/aromatic N) is 2. The van der Waals surface area contributed by atoms with Gasteiger partial charge in [0, 0.05) is 11.1 Å². The van der Waals surface area contributed by atoms with Gasteiger partial charge in [0.05, 0.1) is 32.7 Å². The molecule has 0 spiro atoms. The van der Waals surface area contributed by atoms with Crippen LogP contribution in [0.2, 0.25) is 0 Å². The fourth-order valence-electron chi connectivity index (χ4n) is 3.52. The molecule has 1 aromatic heterocycles. The van der Waals surface area contributed by atoms with Gasteiger partial charge in [0.15, 0.2) is 11.5 Å². The summed E-state index contributed by atoms with van der Waals surface area (Å²) in [6.45, 7) is 0. The van der Waals surface area contributed by atoms with Gasteiger partial charge in [-0.15, -0.1) is 0 Å². The molecule has 4 aromatic rings. The SMILES string of the molecule is COc1cc(C(=O)NNC(=O)c2cc(-c3ccccc3)nn2-c2ccccc2)cc(OC)c1OC. The first-order valence-electron chi connectivity index (χ1n) is 10.7. The molecular weight excluding hydrogens is 448 g/mol. The van der Waals surface area contributed by atoms with Gasteiger partial charge in [-0.05, 0) is 30.3 Å². The number of hydrogen-bond donors (Lipinski definition) is 2. The summed E-state index contributed by atoms with van der Waals surface area (Å²) in [7, 11) is 4.38. The lowest BCUT2D eigenvalue weighted by atomic mass is 10.1. The summed E-state index contributed by atoms with van der Waals surface area (Å²) in [6, 6.07) is 23.4. The standard InChI is InChI=1S/C26H24N4O5/c1-33-22-14-18(15-23(34-2)24(22)35-3)25(31)27-28-26(32)21-16-20(17-10-6-4-7-11-17)29-30(21)19-12-8-5-9-13-19/h4-16H,1-3H3,(H,27,31)(H,28,32). The van der Waals surface area contributed by atoms with E-state index >= 15 is 0 Å². The lowest BCUT2D eigenvalue weighted by molar-refractivity contribution is 0.0842. The summed E-state index contributed by atoms with van der Waals surface area (Å²) in [5.41, 5.74) is 7.54. The third-order valence-electron chi connectivity index (χ3n) is 5.23. The summed E-state index contributed by atoms with van der Waals surface area (Å²) in [6.07, 6.45) is 0. The molecule has 0 aliphatic heterocycles. The first-order chi connectivity index (χ1) is 17.0. The fraction of sp³-hybridized carbons (Fsp3) is 0.115. The third-order valence-corrected chi connectivity index (χ3v) is 5.23. The predicted octanol–water partition coefficient (Wildman–Crippen LogP) is 3.64. The van der Waals surface area contributed by atoms with Crippen molar-refractivity contribution < 1.29 is 23.8 Å². The number of para-hydroxylation sites is 1. The van der Waals surface area contributed by atoms with Gasteiger partial charge in [0.2, 0.25) is 5.75 Å². The number of nitrogens with one attached hydrogen (secondary N) is 2. The summed E-state index contributed by atoms with van der Waals surface area (Å²) in [5, 5.41) is 4.62. The molecule has 3 aromatic carbocycles. The van der Waals surface area contributed by atoms with Crippen LogP contribution in [-0.4, -0.2) is 42.9 Å². The van der Waals surface area contributed by atoms with Crippen molar-refractivity contribution in [2.24, 2.45) is 0 Å². The van der Waals surface area contributed by atoms with E-state index in [0.717, 1.165) is 5.56 Å². The van der Waals surface area contributed by atoms with Crippen LogP contribution in [0.15, 0.2) is 78.9 Å². The third kappa shape index (κ3) is 4.93. The van der Waals surface area contributed by atoms with Crippen molar-refractivity contribution in [2.45, 2.75) is 0 Å². The Morgan fingerprint density at radius 2 is 1.31 bits per heavy atom. The minimum absolute atomic E-state index is 0.210. The highest BCUT2D eigenvalue weighted by Crippen LogP contribution is 2.38. The fourth-order valence-corrected chi connectivity index (χ4v) is 3.52. The zero-order chi connectivity index (χ0) is 24.8. The Bertz CT molecular complexity index is 1310. The monoisotopic (exact) mass is 472 g/mol. The Morgan fingerprint density at radius 3 is 1.89 bits per heavy atom. The summed E-state index contributed by atoms with van der Waals surface area (Å²) < 4.78 is 17.4. The van der Waals surface area contributed by atoms with Crippen molar-refractivity contribution in [3.63, 3.8) is 0 Å². The van der Waals surface area contributed by atoms with Crippen LogP contribution < -0.4 is 25.1 Å². The van der Waals surface area contributed by atoms with Gasteiger partial charge in [-0.1, -0.05) is 48.5 Å². The number of ether oxygens (including phenoxy) is 3. The van der Waals surface area contributed by atoms with Crippen molar-refractivity contribution in [1.29, 1.82) is 0 Å². The van der Waals surface area contributed by atoms with Gasteiger partial charge in [0.1, 0.15) is 5.69 Å². The van der Waals surface area contributed by atoms with E-state index in [1.807, 2.05) is 60.7 Å². The second-order valence-corrected chi connectivity index (χ2v) is 7.35. The van der Waals surface area contributed by atoms with E-state index in [-0.39, 0.29) is 11.3 Å². The molecule has 0 saturated heterocycles. The van der Waals surface area contributed by atoms with Crippen LogP contribution in [0.5, 0.6) is 17.2 Å². The smallest absolute Gasteiger partial charge is 0.288 e. The van der Waals surface area contributed by atoms with Crippen molar-refractivity contribution in [3.8, 4) is 34.2 Å². The lowest BCUT2D eigenvalue weighted by Crippen LogP contribution is -2.42. The molecule has 2 amide bonds. The molecule has 9 heteroatoms. The average molecular weight is 473 g/mol. The molecule has 0 aliphatic carbocycles. The highest BCUT2D eigenvalue weighted by molar-refractivity contribution is 5.99. The molecule has 0 bridgehead atoms. The number of carbonyl (C=O) groups excluding carboxylic acids is 2. The molecule has 178 valence electrons. The molecule has 0 radical (unpaired) electrons. The largest absolute Gasteiger partial charge is 0.493 e. The average Bonchev–Trinajstić information content (AvgIpc) is 3.37. The van der Waals surface area contributed by atoms with E-state index in [1.165, 1.54) is 38.1 Å². The number of methoxy groups -OCH3 is 3. The lowest BCUT2D eigenvalue weighted by Gasteiger charge is -2.14. The molecule has 0 saturated carbocycles. The van der Waals surface area contributed by atoms with E-state index in [0.29, 0.717) is 28.6 Å². The maximum absolute atomic E-state index is 13.1. The molecule has 35 heavy (non-hydrogen) atoms. The number of benzene rings is 3. The van der Waals surface area contributed by atoms with Crippen LogP contribution in [0.4, 0.5) is 0 Å². The summed E-state index contributed by atoms with van der Waals surface area (Å²) >= 11 is 0. The van der Waals surface area contributed by atoms with Crippen LogP contribution in [0.25, 0.3) is 16.9 Å². The second-order valence-electron chi connectivity index (χ2n) is 7.35. The van der Waals surface area contributed by atoms with Gasteiger partial charge < -0.3 is 14.2 Å². The first-order valence-corrected chi connectivity index (χ1v) is 10.7. The van der Waals surface area contributed by atoms with Crippen molar-refractivity contribution in [2.75, 3.05) is 21.3 Å². The van der Waals surface area contributed by atoms with E-state index in [1.54, 1.807) is 6.07 Å². The van der Waals surface area contributed by atoms with E-state index < -0.39 is 11.8 Å². The number of aromatic nitrogens is 2. The molecule has 0 aliphatic rings. The Morgan fingerprint density at radius 1 is 0.743 bits per heavy atom. The molecule has 1 heterocycles. The molecular formula is C26H24N4O5. The summed E-state index contributed by atoms with van der Waals surface area (Å²) in [5.74, 6) is -0.109. The van der Waals surface area contributed by atoms with Crippen molar-refractivity contribution >= 4 is 11.8 Å². The van der Waals surface area contributed by atoms with Crippen LogP contribution in [0, 0.1) is 0 Å². The van der Waals surface area contributed by atoms with Gasteiger partial charge >= 0.3 is 0 Å². The highest BCUT2D eigenvalue weighted by Gasteiger charge is 2.20. The Labute approximate surface area is 202 Å². The molecule has 0 fully saturated rings. The zero-order valence-electron chi connectivity index (χ0n) is 19.4. The van der Waals surface area contributed by atoms with Crippen LogP contribution in [0.1, 0.15) is 20.8 Å². The van der Waals surface area contributed by atoms with Gasteiger partial charge in [-0.2, -0.15) is 5.10 Å². The molecule has 0 unspecified atom stereocenters. The summed E-state index contributed by atoms with van der Waals surface area (Å²) in [4.78, 5) is 25.9. The predicted molar refractivity (Wildman–Crippen MR) is 130 cm³/mol. The Kier molecular flexibility index (Phi) is 6.96. The maximum Gasteiger partial charge on any atom is 0.288 e. The first kappa shape index (κ1) is 23.4. The van der Waals surface area contributed by atoms with Crippen LogP contribution >= 0.6 is 0 Å². The molecule has 4 rings (SSSR count). The van der Waals surface area contributed by atoms with Crippen LogP contribution in [-0.2, 0) is 0 Å². The number of rotatable bonds is 7. The number of hydrazine groups is 1. The minimum Gasteiger partial charge on any atom is -0.493 e. The van der Waals surface area contributed by atoms with Crippen molar-refractivity contribution in [1.82, 2.24) is 20.6 Å². The number of carbonyl (C=O) groups is 2. The normalized spacial score (nSPS) is 10.4. The van der Waals surface area contributed by atoms with Gasteiger partial charge in [0.25, 0.3) is 11.8 Å². The molecule has 2 N–H and O–H groups in total. The Balaban J connectivity index is 1.59. The van der Waals surface area contributed by atoms with E-state index in [2.05, 4.69) is 16.0 Å². The minimum atomic E-state index is -0.563. The highest BCUT2D eigenvalue weighted by atomic mass is 16.5. The number of amides is 2. The van der Waals surface area contributed by atoms with E-state index in [4.69, 9.17) is 14.2 Å².